The first-order valence-corrected chi connectivity index (χ1v) is 4.44. The number of halogens is 2. The number of pyridine rings is 1. The number of nitrogens with two attached hydrogens (primary N) is 1. The molecule has 0 saturated heterocycles. The normalized spacial score (nSPS) is 15.5. The highest BCUT2D eigenvalue weighted by Gasteiger charge is 2.25. The summed E-state index contributed by atoms with van der Waals surface area (Å²) < 4.78 is 0. The number of nitrogens with zero attached hydrogens (tertiary/aromatic N) is 1. The number of aromatic nitrogens is 1. The Morgan fingerprint density at radius 2 is 1.92 bits per heavy atom. The van der Waals surface area contributed by atoms with E-state index in [0.29, 0.717) is 15.6 Å². The molecule has 1 rings (SSSR count). The second-order valence-corrected chi connectivity index (χ2v) is 3.87. The molecule has 0 amide bonds. The van der Waals surface area contributed by atoms with Gasteiger partial charge in [0.25, 0.3) is 0 Å². The minimum atomic E-state index is -0.933. The lowest BCUT2D eigenvalue weighted by molar-refractivity contribution is 0.210. The monoisotopic (exact) mass is 220 g/mol. The highest BCUT2D eigenvalue weighted by atomic mass is 35.5. The van der Waals surface area contributed by atoms with Crippen molar-refractivity contribution in [2.75, 3.05) is 6.61 Å². The van der Waals surface area contributed by atoms with Crippen molar-refractivity contribution in [3.63, 3.8) is 0 Å². The molecule has 0 aliphatic heterocycles. The maximum Gasteiger partial charge on any atom is 0.0655 e. The summed E-state index contributed by atoms with van der Waals surface area (Å²) in [5.74, 6) is 0. The summed E-state index contributed by atoms with van der Waals surface area (Å²) in [7, 11) is 0. The van der Waals surface area contributed by atoms with Crippen molar-refractivity contribution in [2.24, 2.45) is 5.73 Å². The molecular weight excluding hydrogens is 211 g/mol. The molecule has 3 nitrogen and oxygen atoms in total. The van der Waals surface area contributed by atoms with Gasteiger partial charge in [0.05, 0.1) is 22.2 Å². The Labute approximate surface area is 86.5 Å². The number of aliphatic hydroxyl groups excluding tert-OH is 1. The minimum absolute atomic E-state index is 0.226. The van der Waals surface area contributed by atoms with E-state index in [9.17, 15) is 0 Å². The molecule has 0 fully saturated rings. The van der Waals surface area contributed by atoms with Gasteiger partial charge < -0.3 is 10.8 Å². The van der Waals surface area contributed by atoms with Crippen molar-refractivity contribution in [1.82, 2.24) is 4.98 Å². The first-order chi connectivity index (χ1) is 5.99. The summed E-state index contributed by atoms with van der Waals surface area (Å²) >= 11 is 11.7. The summed E-state index contributed by atoms with van der Waals surface area (Å²) in [5.41, 5.74) is 5.38. The van der Waals surface area contributed by atoms with Gasteiger partial charge in [-0.15, -0.1) is 0 Å². The Balaban J connectivity index is 3.28. The van der Waals surface area contributed by atoms with Crippen LogP contribution >= 0.6 is 23.2 Å². The fourth-order valence-electron chi connectivity index (χ4n) is 1.04. The van der Waals surface area contributed by atoms with Crippen molar-refractivity contribution in [3.05, 3.63) is 28.0 Å². The Bertz CT molecular complexity index is 295. The van der Waals surface area contributed by atoms with E-state index < -0.39 is 5.54 Å². The second kappa shape index (κ2) is 3.80. The molecule has 1 aromatic rings. The van der Waals surface area contributed by atoms with E-state index >= 15 is 0 Å². The van der Waals surface area contributed by atoms with Crippen molar-refractivity contribution in [3.8, 4) is 0 Å². The molecule has 0 saturated carbocycles. The van der Waals surface area contributed by atoms with Crippen LogP contribution in [0.25, 0.3) is 0 Å². The average molecular weight is 221 g/mol. The number of hydrogen-bond acceptors (Lipinski definition) is 3. The van der Waals surface area contributed by atoms with E-state index in [1.165, 1.54) is 12.4 Å². The highest BCUT2D eigenvalue weighted by molar-refractivity contribution is 6.35. The third-order valence-corrected chi connectivity index (χ3v) is 2.33. The van der Waals surface area contributed by atoms with Crippen LogP contribution in [0.1, 0.15) is 12.5 Å². The average Bonchev–Trinajstić information content (AvgIpc) is 2.03. The molecule has 0 aliphatic carbocycles. The summed E-state index contributed by atoms with van der Waals surface area (Å²) in [4.78, 5) is 3.79. The van der Waals surface area contributed by atoms with Crippen LogP contribution in [-0.2, 0) is 5.54 Å². The molecule has 0 aliphatic rings. The molecule has 1 atom stereocenters. The molecular formula is C8H10Cl2N2O. The summed E-state index contributed by atoms with van der Waals surface area (Å²) in [6.45, 7) is 1.43. The van der Waals surface area contributed by atoms with Gasteiger partial charge in [-0.05, 0) is 6.92 Å². The second-order valence-electron chi connectivity index (χ2n) is 3.05. The zero-order valence-electron chi connectivity index (χ0n) is 7.09. The number of hydrogen-bond donors (Lipinski definition) is 2. The van der Waals surface area contributed by atoms with Gasteiger partial charge >= 0.3 is 0 Å². The van der Waals surface area contributed by atoms with E-state index in [1.807, 2.05) is 0 Å². The Hall–Kier alpha value is -0.350. The zero-order chi connectivity index (χ0) is 10.1. The van der Waals surface area contributed by atoms with Crippen molar-refractivity contribution >= 4 is 23.2 Å². The van der Waals surface area contributed by atoms with Crippen LogP contribution in [0.2, 0.25) is 10.0 Å². The quantitative estimate of drug-likeness (QED) is 0.796. The molecule has 3 N–H and O–H groups in total. The SMILES string of the molecule is C[C@@](N)(CO)c1c(Cl)cncc1Cl. The van der Waals surface area contributed by atoms with Crippen LogP contribution in [0.4, 0.5) is 0 Å². The van der Waals surface area contributed by atoms with E-state index in [0.717, 1.165) is 0 Å². The lowest BCUT2D eigenvalue weighted by Gasteiger charge is -2.24. The maximum atomic E-state index is 9.03. The molecule has 72 valence electrons. The molecule has 1 heterocycles. The molecule has 0 radical (unpaired) electrons. The first kappa shape index (κ1) is 10.7. The number of rotatable bonds is 2. The van der Waals surface area contributed by atoms with Crippen molar-refractivity contribution in [2.45, 2.75) is 12.5 Å². The van der Waals surface area contributed by atoms with E-state index in [2.05, 4.69) is 4.98 Å². The molecule has 0 bridgehead atoms. The maximum absolute atomic E-state index is 9.03. The number of aliphatic hydroxyl groups is 1. The predicted molar refractivity (Wildman–Crippen MR) is 52.9 cm³/mol. The Morgan fingerprint density at radius 3 is 2.31 bits per heavy atom. The molecule has 0 spiro atoms. The van der Waals surface area contributed by atoms with Crippen LogP contribution in [0.3, 0.4) is 0 Å². The predicted octanol–water partition coefficient (Wildman–Crippen LogP) is 1.55. The third-order valence-electron chi connectivity index (χ3n) is 1.75. The van der Waals surface area contributed by atoms with Gasteiger partial charge in [-0.3, -0.25) is 4.98 Å². The fraction of sp³-hybridized carbons (Fsp3) is 0.375. The van der Waals surface area contributed by atoms with E-state index in [-0.39, 0.29) is 6.61 Å². The van der Waals surface area contributed by atoms with Crippen LogP contribution < -0.4 is 5.73 Å². The van der Waals surface area contributed by atoms with Crippen LogP contribution in [-0.4, -0.2) is 16.7 Å². The largest absolute Gasteiger partial charge is 0.394 e. The first-order valence-electron chi connectivity index (χ1n) is 3.68. The van der Waals surface area contributed by atoms with Crippen LogP contribution in [0.5, 0.6) is 0 Å². The van der Waals surface area contributed by atoms with Gasteiger partial charge in [0, 0.05) is 18.0 Å². The summed E-state index contributed by atoms with van der Waals surface area (Å²) in [5, 5.41) is 9.77. The van der Waals surface area contributed by atoms with Gasteiger partial charge in [0.2, 0.25) is 0 Å². The molecule has 5 heteroatoms. The Kier molecular flexibility index (Phi) is 3.14. The van der Waals surface area contributed by atoms with E-state index in [4.69, 9.17) is 34.0 Å². The van der Waals surface area contributed by atoms with Gasteiger partial charge in [-0.1, -0.05) is 23.2 Å². The molecule has 13 heavy (non-hydrogen) atoms. The minimum Gasteiger partial charge on any atom is -0.394 e. The Morgan fingerprint density at radius 1 is 1.46 bits per heavy atom. The summed E-state index contributed by atoms with van der Waals surface area (Å²) in [6.07, 6.45) is 2.90. The lowest BCUT2D eigenvalue weighted by Crippen LogP contribution is -2.37. The lowest BCUT2D eigenvalue weighted by atomic mass is 9.95. The van der Waals surface area contributed by atoms with Crippen LogP contribution in [0, 0.1) is 0 Å². The highest BCUT2D eigenvalue weighted by Crippen LogP contribution is 2.31. The molecule has 1 aromatic heterocycles. The smallest absolute Gasteiger partial charge is 0.0655 e. The zero-order valence-corrected chi connectivity index (χ0v) is 8.60. The summed E-state index contributed by atoms with van der Waals surface area (Å²) in [6, 6.07) is 0. The van der Waals surface area contributed by atoms with Crippen molar-refractivity contribution < 1.29 is 5.11 Å². The van der Waals surface area contributed by atoms with Crippen LogP contribution in [0.15, 0.2) is 12.4 Å². The van der Waals surface area contributed by atoms with Gasteiger partial charge in [-0.25, -0.2) is 0 Å². The third kappa shape index (κ3) is 2.11. The molecule has 0 unspecified atom stereocenters. The topological polar surface area (TPSA) is 59.1 Å². The standard InChI is InChI=1S/C8H10Cl2N2O/c1-8(11,4-13)7-5(9)2-12-3-6(7)10/h2-3,13H,4,11H2,1H3/t8-/m1/s1. The van der Waals surface area contributed by atoms with Crippen molar-refractivity contribution in [1.29, 1.82) is 0 Å². The van der Waals surface area contributed by atoms with Gasteiger partial charge in [0.1, 0.15) is 0 Å². The fourth-order valence-corrected chi connectivity index (χ4v) is 1.83. The molecule has 0 aromatic carbocycles. The van der Waals surface area contributed by atoms with Gasteiger partial charge in [0.15, 0.2) is 0 Å². The van der Waals surface area contributed by atoms with E-state index in [1.54, 1.807) is 6.92 Å². The van der Waals surface area contributed by atoms with Gasteiger partial charge in [-0.2, -0.15) is 0 Å².